The molecule has 100 valence electrons. The third-order valence-corrected chi connectivity index (χ3v) is 3.60. The van der Waals surface area contributed by atoms with Crippen LogP contribution in [0.4, 0.5) is 0 Å². The molecule has 1 aliphatic carbocycles. The predicted molar refractivity (Wildman–Crippen MR) is 73.6 cm³/mol. The van der Waals surface area contributed by atoms with Crippen molar-refractivity contribution >= 4 is 16.8 Å². The highest BCUT2D eigenvalue weighted by Gasteiger charge is 2.22. The molecule has 0 spiro atoms. The van der Waals surface area contributed by atoms with Gasteiger partial charge in [0.25, 0.3) is 0 Å². The molecule has 1 aromatic heterocycles. The van der Waals surface area contributed by atoms with Crippen molar-refractivity contribution in [3.05, 3.63) is 36.0 Å². The van der Waals surface area contributed by atoms with Crippen LogP contribution in [0.3, 0.4) is 0 Å². The lowest BCUT2D eigenvalue weighted by molar-refractivity contribution is -0.121. The molecule has 1 heterocycles. The monoisotopic (exact) mass is 258 g/mol. The summed E-state index contributed by atoms with van der Waals surface area (Å²) < 4.78 is 2.07. The summed E-state index contributed by atoms with van der Waals surface area (Å²) in [7, 11) is 0. The van der Waals surface area contributed by atoms with E-state index in [4.69, 9.17) is 0 Å². The van der Waals surface area contributed by atoms with Gasteiger partial charge in [-0.05, 0) is 30.5 Å². The molecule has 1 aliphatic rings. The van der Waals surface area contributed by atoms with E-state index in [2.05, 4.69) is 9.88 Å². The average molecular weight is 258 g/mol. The fourth-order valence-electron chi connectivity index (χ4n) is 2.37. The lowest BCUT2D eigenvalue weighted by Crippen LogP contribution is -2.26. The minimum Gasteiger partial charge on any atom is -0.392 e. The molecule has 1 amide bonds. The van der Waals surface area contributed by atoms with Crippen LogP contribution in [0.1, 0.15) is 24.8 Å². The summed E-state index contributed by atoms with van der Waals surface area (Å²) in [5, 5.41) is 13.4. The van der Waals surface area contributed by atoms with Gasteiger partial charge in [0.05, 0.1) is 6.61 Å². The number of benzene rings is 1. The van der Waals surface area contributed by atoms with E-state index < -0.39 is 0 Å². The third-order valence-electron chi connectivity index (χ3n) is 3.60. The summed E-state index contributed by atoms with van der Waals surface area (Å²) in [6, 6.07) is 8.31. The Labute approximate surface area is 112 Å². The van der Waals surface area contributed by atoms with Gasteiger partial charge in [-0.25, -0.2) is 0 Å². The number of fused-ring (bicyclic) bond motifs is 1. The van der Waals surface area contributed by atoms with E-state index in [1.807, 2.05) is 30.5 Å². The zero-order chi connectivity index (χ0) is 13.2. The number of nitrogens with zero attached hydrogens (tertiary/aromatic N) is 1. The van der Waals surface area contributed by atoms with E-state index in [1.165, 1.54) is 0 Å². The van der Waals surface area contributed by atoms with E-state index in [9.17, 15) is 9.90 Å². The highest BCUT2D eigenvalue weighted by molar-refractivity contribution is 5.84. The van der Waals surface area contributed by atoms with Crippen LogP contribution in [0.5, 0.6) is 0 Å². The normalized spacial score (nSPS) is 14.8. The highest BCUT2D eigenvalue weighted by atomic mass is 16.3. The molecule has 0 saturated heterocycles. The second kappa shape index (κ2) is 5.05. The Bertz CT molecular complexity index is 599. The average Bonchev–Trinajstić information content (AvgIpc) is 3.13. The third kappa shape index (κ3) is 2.63. The van der Waals surface area contributed by atoms with Crippen molar-refractivity contribution < 1.29 is 9.90 Å². The number of aliphatic hydroxyl groups is 1. The van der Waals surface area contributed by atoms with Crippen molar-refractivity contribution in [2.45, 2.75) is 38.5 Å². The van der Waals surface area contributed by atoms with Gasteiger partial charge in [-0.1, -0.05) is 12.1 Å². The van der Waals surface area contributed by atoms with Gasteiger partial charge in [-0.3, -0.25) is 4.79 Å². The standard InChI is InChI=1S/C15H18N2O2/c18-10-11-2-1-3-14-13(11)6-8-17(14)9-7-15(19)16-12-4-5-12/h1-3,6,8,12,18H,4-5,7,9-10H2,(H,16,19). The van der Waals surface area contributed by atoms with Gasteiger partial charge in [0.2, 0.25) is 5.91 Å². The molecule has 1 fully saturated rings. The smallest absolute Gasteiger partial charge is 0.222 e. The molecule has 0 unspecified atom stereocenters. The number of carbonyl (C=O) groups excluding carboxylic acids is 1. The topological polar surface area (TPSA) is 54.3 Å². The Morgan fingerprint density at radius 3 is 2.95 bits per heavy atom. The molecule has 0 aliphatic heterocycles. The Kier molecular flexibility index (Phi) is 3.25. The van der Waals surface area contributed by atoms with Crippen molar-refractivity contribution in [3.8, 4) is 0 Å². The molecule has 1 saturated carbocycles. The number of nitrogens with one attached hydrogen (secondary N) is 1. The lowest BCUT2D eigenvalue weighted by Gasteiger charge is -2.07. The molecule has 3 rings (SSSR count). The Morgan fingerprint density at radius 1 is 1.37 bits per heavy atom. The summed E-state index contributed by atoms with van der Waals surface area (Å²) in [6.07, 6.45) is 4.73. The van der Waals surface area contributed by atoms with Gasteiger partial charge < -0.3 is 15.0 Å². The van der Waals surface area contributed by atoms with Gasteiger partial charge in [0, 0.05) is 36.1 Å². The first-order chi connectivity index (χ1) is 9.28. The van der Waals surface area contributed by atoms with E-state index in [0.29, 0.717) is 19.0 Å². The predicted octanol–water partition coefficient (Wildman–Crippen LogP) is 1.80. The first-order valence-corrected chi connectivity index (χ1v) is 6.75. The van der Waals surface area contributed by atoms with Crippen LogP contribution in [0.15, 0.2) is 30.5 Å². The van der Waals surface area contributed by atoms with Gasteiger partial charge >= 0.3 is 0 Å². The van der Waals surface area contributed by atoms with Gasteiger partial charge in [-0.2, -0.15) is 0 Å². The highest BCUT2D eigenvalue weighted by Crippen LogP contribution is 2.21. The van der Waals surface area contributed by atoms with E-state index in [1.54, 1.807) is 0 Å². The summed E-state index contributed by atoms with van der Waals surface area (Å²) in [5.41, 5.74) is 2.00. The first-order valence-electron chi connectivity index (χ1n) is 6.75. The number of amides is 1. The van der Waals surface area contributed by atoms with E-state index >= 15 is 0 Å². The molecule has 19 heavy (non-hydrogen) atoms. The Hall–Kier alpha value is -1.81. The van der Waals surface area contributed by atoms with Gasteiger partial charge in [-0.15, -0.1) is 0 Å². The summed E-state index contributed by atoms with van der Waals surface area (Å²) in [6.45, 7) is 0.723. The Balaban J connectivity index is 1.72. The van der Waals surface area contributed by atoms with Crippen molar-refractivity contribution in [1.82, 2.24) is 9.88 Å². The Morgan fingerprint density at radius 2 is 2.21 bits per heavy atom. The fraction of sp³-hybridized carbons (Fsp3) is 0.400. The van der Waals surface area contributed by atoms with Crippen molar-refractivity contribution in [1.29, 1.82) is 0 Å². The molecule has 4 nitrogen and oxygen atoms in total. The SMILES string of the molecule is O=C(CCn1ccc2c(CO)cccc21)NC1CC1. The van der Waals surface area contributed by atoms with Crippen molar-refractivity contribution in [2.24, 2.45) is 0 Å². The summed E-state index contributed by atoms with van der Waals surface area (Å²) in [5.74, 6) is 0.127. The maximum Gasteiger partial charge on any atom is 0.222 e. The number of aromatic nitrogens is 1. The minimum atomic E-state index is 0.0452. The lowest BCUT2D eigenvalue weighted by atomic mass is 10.1. The van der Waals surface area contributed by atoms with E-state index in [-0.39, 0.29) is 12.5 Å². The molecule has 0 bridgehead atoms. The quantitative estimate of drug-likeness (QED) is 0.859. The maximum atomic E-state index is 11.7. The van der Waals surface area contributed by atoms with Gasteiger partial charge in [0.15, 0.2) is 0 Å². The molecule has 2 N–H and O–H groups in total. The van der Waals surface area contributed by atoms with Crippen LogP contribution in [-0.2, 0) is 17.9 Å². The molecule has 1 aromatic carbocycles. The zero-order valence-electron chi connectivity index (χ0n) is 10.8. The zero-order valence-corrected chi connectivity index (χ0v) is 10.8. The number of hydrogen-bond acceptors (Lipinski definition) is 2. The van der Waals surface area contributed by atoms with Crippen LogP contribution in [-0.4, -0.2) is 21.6 Å². The van der Waals surface area contributed by atoms with Crippen LogP contribution in [0.2, 0.25) is 0 Å². The van der Waals surface area contributed by atoms with Crippen LogP contribution >= 0.6 is 0 Å². The van der Waals surface area contributed by atoms with Gasteiger partial charge in [0.1, 0.15) is 0 Å². The number of hydrogen-bond donors (Lipinski definition) is 2. The largest absolute Gasteiger partial charge is 0.392 e. The minimum absolute atomic E-state index is 0.0452. The molecule has 0 radical (unpaired) electrons. The molecule has 2 aromatic rings. The van der Waals surface area contributed by atoms with Crippen molar-refractivity contribution in [2.75, 3.05) is 0 Å². The number of carbonyl (C=O) groups is 1. The fourth-order valence-corrected chi connectivity index (χ4v) is 2.37. The molecular formula is C15H18N2O2. The number of rotatable bonds is 5. The van der Waals surface area contributed by atoms with Crippen LogP contribution in [0.25, 0.3) is 10.9 Å². The number of aryl methyl sites for hydroxylation is 1. The maximum absolute atomic E-state index is 11.7. The van der Waals surface area contributed by atoms with Crippen LogP contribution < -0.4 is 5.32 Å². The summed E-state index contributed by atoms with van der Waals surface area (Å²) >= 11 is 0. The summed E-state index contributed by atoms with van der Waals surface area (Å²) in [4.78, 5) is 11.7. The van der Waals surface area contributed by atoms with Crippen molar-refractivity contribution in [3.63, 3.8) is 0 Å². The second-order valence-corrected chi connectivity index (χ2v) is 5.11. The second-order valence-electron chi connectivity index (χ2n) is 5.11. The van der Waals surface area contributed by atoms with E-state index in [0.717, 1.165) is 29.3 Å². The first kappa shape index (κ1) is 12.2. The molecule has 0 atom stereocenters. The molecular weight excluding hydrogens is 240 g/mol. The molecule has 4 heteroatoms. The number of aliphatic hydroxyl groups excluding tert-OH is 1. The van der Waals surface area contributed by atoms with Crippen LogP contribution in [0, 0.1) is 0 Å².